The first-order valence-corrected chi connectivity index (χ1v) is 6.91. The van der Waals surface area contributed by atoms with Gasteiger partial charge in [0.25, 0.3) is 0 Å². The van der Waals surface area contributed by atoms with E-state index >= 15 is 0 Å². The molecule has 0 aliphatic carbocycles. The fraction of sp³-hybridized carbons (Fsp3) is 0.385. The SMILES string of the molecule is CCc1ccc(-c2nc(N)c3c(n2)CCOC3)s1. The number of thiophene rings is 1. The Balaban J connectivity index is 2.04. The van der Waals surface area contributed by atoms with Crippen molar-refractivity contribution >= 4 is 17.2 Å². The Bertz CT molecular complexity index is 580. The standard InChI is InChI=1S/C13H15N3OS/c1-2-8-3-4-11(18-8)13-15-10-5-6-17-7-9(10)12(14)16-13/h3-4H,2,5-7H2,1H3,(H2,14,15,16). The van der Waals surface area contributed by atoms with Crippen molar-refractivity contribution in [3.63, 3.8) is 0 Å². The van der Waals surface area contributed by atoms with Gasteiger partial charge in [-0.3, -0.25) is 0 Å². The fourth-order valence-electron chi connectivity index (χ4n) is 2.06. The lowest BCUT2D eigenvalue weighted by atomic mass is 10.1. The predicted octanol–water partition coefficient (Wildman–Crippen LogP) is 2.42. The first-order valence-electron chi connectivity index (χ1n) is 6.10. The van der Waals surface area contributed by atoms with Crippen molar-refractivity contribution in [1.29, 1.82) is 0 Å². The van der Waals surface area contributed by atoms with Gasteiger partial charge in [0, 0.05) is 16.9 Å². The average Bonchev–Trinajstić information content (AvgIpc) is 2.87. The molecule has 18 heavy (non-hydrogen) atoms. The molecule has 3 rings (SSSR count). The predicted molar refractivity (Wildman–Crippen MR) is 72.5 cm³/mol. The maximum atomic E-state index is 5.99. The van der Waals surface area contributed by atoms with Gasteiger partial charge in [-0.25, -0.2) is 9.97 Å². The van der Waals surface area contributed by atoms with E-state index in [2.05, 4.69) is 29.0 Å². The third-order valence-electron chi connectivity index (χ3n) is 3.08. The highest BCUT2D eigenvalue weighted by molar-refractivity contribution is 7.15. The quantitative estimate of drug-likeness (QED) is 0.902. The van der Waals surface area contributed by atoms with Gasteiger partial charge in [0.1, 0.15) is 5.82 Å². The van der Waals surface area contributed by atoms with Gasteiger partial charge < -0.3 is 10.5 Å². The number of aromatic nitrogens is 2. The van der Waals surface area contributed by atoms with Crippen LogP contribution in [0.5, 0.6) is 0 Å². The molecule has 2 N–H and O–H groups in total. The zero-order chi connectivity index (χ0) is 12.5. The maximum Gasteiger partial charge on any atom is 0.171 e. The monoisotopic (exact) mass is 261 g/mol. The molecule has 0 fully saturated rings. The van der Waals surface area contributed by atoms with Crippen LogP contribution in [0.2, 0.25) is 0 Å². The molecule has 1 aliphatic rings. The highest BCUT2D eigenvalue weighted by Gasteiger charge is 2.17. The Kier molecular flexibility index (Phi) is 3.01. The molecule has 94 valence electrons. The number of nitrogens with zero attached hydrogens (tertiary/aromatic N) is 2. The lowest BCUT2D eigenvalue weighted by Crippen LogP contribution is -2.15. The molecule has 0 spiro atoms. The summed E-state index contributed by atoms with van der Waals surface area (Å²) in [6, 6.07) is 4.20. The lowest BCUT2D eigenvalue weighted by molar-refractivity contribution is 0.109. The smallest absolute Gasteiger partial charge is 0.171 e. The van der Waals surface area contributed by atoms with E-state index in [1.165, 1.54) is 4.88 Å². The van der Waals surface area contributed by atoms with Crippen molar-refractivity contribution in [1.82, 2.24) is 9.97 Å². The number of nitrogen functional groups attached to an aromatic ring is 1. The summed E-state index contributed by atoms with van der Waals surface area (Å²) in [7, 11) is 0. The van der Waals surface area contributed by atoms with Gasteiger partial charge in [0.2, 0.25) is 0 Å². The molecule has 0 amide bonds. The largest absolute Gasteiger partial charge is 0.383 e. The van der Waals surface area contributed by atoms with Gasteiger partial charge in [-0.05, 0) is 18.6 Å². The molecular formula is C13H15N3OS. The average molecular weight is 261 g/mol. The second kappa shape index (κ2) is 4.66. The molecule has 0 unspecified atom stereocenters. The molecule has 0 aromatic carbocycles. The second-order valence-corrected chi connectivity index (χ2v) is 5.45. The van der Waals surface area contributed by atoms with Gasteiger partial charge in [0.05, 0.1) is 23.8 Å². The molecule has 2 aromatic heterocycles. The summed E-state index contributed by atoms with van der Waals surface area (Å²) < 4.78 is 5.39. The molecular weight excluding hydrogens is 246 g/mol. The normalized spacial score (nSPS) is 14.5. The van der Waals surface area contributed by atoms with Crippen LogP contribution in [0.3, 0.4) is 0 Å². The molecule has 0 radical (unpaired) electrons. The third kappa shape index (κ3) is 2.00. The number of hydrogen-bond acceptors (Lipinski definition) is 5. The number of nitrogens with two attached hydrogens (primary N) is 1. The summed E-state index contributed by atoms with van der Waals surface area (Å²) in [5.41, 5.74) is 7.99. The minimum Gasteiger partial charge on any atom is -0.383 e. The van der Waals surface area contributed by atoms with Gasteiger partial charge in [-0.2, -0.15) is 0 Å². The zero-order valence-corrected chi connectivity index (χ0v) is 11.1. The molecule has 1 aliphatic heterocycles. The van der Waals surface area contributed by atoms with Crippen LogP contribution in [0.15, 0.2) is 12.1 Å². The Hall–Kier alpha value is -1.46. The number of anilines is 1. The molecule has 5 heteroatoms. The van der Waals surface area contributed by atoms with E-state index in [1.54, 1.807) is 11.3 Å². The van der Waals surface area contributed by atoms with E-state index in [-0.39, 0.29) is 0 Å². The van der Waals surface area contributed by atoms with Crippen LogP contribution in [-0.4, -0.2) is 16.6 Å². The maximum absolute atomic E-state index is 5.99. The molecule has 0 atom stereocenters. The number of ether oxygens (including phenoxy) is 1. The lowest BCUT2D eigenvalue weighted by Gasteiger charge is -2.17. The minimum absolute atomic E-state index is 0.534. The van der Waals surface area contributed by atoms with Crippen molar-refractivity contribution in [3.8, 4) is 10.7 Å². The van der Waals surface area contributed by atoms with Crippen molar-refractivity contribution in [3.05, 3.63) is 28.3 Å². The van der Waals surface area contributed by atoms with E-state index in [4.69, 9.17) is 10.5 Å². The highest BCUT2D eigenvalue weighted by atomic mass is 32.1. The van der Waals surface area contributed by atoms with Crippen molar-refractivity contribution < 1.29 is 4.74 Å². The van der Waals surface area contributed by atoms with Crippen molar-refractivity contribution in [2.45, 2.75) is 26.4 Å². The summed E-state index contributed by atoms with van der Waals surface area (Å²) in [6.45, 7) is 3.40. The summed E-state index contributed by atoms with van der Waals surface area (Å²) in [5, 5.41) is 0. The number of aryl methyl sites for hydroxylation is 1. The molecule has 3 heterocycles. The van der Waals surface area contributed by atoms with E-state index in [9.17, 15) is 0 Å². The van der Waals surface area contributed by atoms with E-state index in [0.717, 1.165) is 34.8 Å². The molecule has 2 aromatic rings. The van der Waals surface area contributed by atoms with Gasteiger partial charge in [-0.15, -0.1) is 11.3 Å². The Morgan fingerprint density at radius 3 is 3.06 bits per heavy atom. The van der Waals surface area contributed by atoms with Crippen LogP contribution in [0.4, 0.5) is 5.82 Å². The third-order valence-corrected chi connectivity index (χ3v) is 4.31. The highest BCUT2D eigenvalue weighted by Crippen LogP contribution is 2.29. The first-order chi connectivity index (χ1) is 8.78. The Morgan fingerprint density at radius 2 is 2.28 bits per heavy atom. The molecule has 0 bridgehead atoms. The molecule has 4 nitrogen and oxygen atoms in total. The van der Waals surface area contributed by atoms with Crippen LogP contribution in [0.1, 0.15) is 23.1 Å². The minimum atomic E-state index is 0.534. The van der Waals surface area contributed by atoms with Crippen LogP contribution in [0, 0.1) is 0 Å². The number of hydrogen-bond donors (Lipinski definition) is 1. The van der Waals surface area contributed by atoms with E-state index < -0.39 is 0 Å². The summed E-state index contributed by atoms with van der Waals surface area (Å²) >= 11 is 1.73. The van der Waals surface area contributed by atoms with Gasteiger partial charge >= 0.3 is 0 Å². The van der Waals surface area contributed by atoms with Gasteiger partial charge in [-0.1, -0.05) is 6.92 Å². The van der Waals surface area contributed by atoms with E-state index in [0.29, 0.717) is 19.0 Å². The van der Waals surface area contributed by atoms with Crippen LogP contribution in [0.25, 0.3) is 10.7 Å². The van der Waals surface area contributed by atoms with Gasteiger partial charge in [0.15, 0.2) is 5.82 Å². The summed E-state index contributed by atoms with van der Waals surface area (Å²) in [6.07, 6.45) is 1.86. The number of fused-ring (bicyclic) bond motifs is 1. The topological polar surface area (TPSA) is 61.0 Å². The summed E-state index contributed by atoms with van der Waals surface area (Å²) in [4.78, 5) is 11.5. The first kappa shape index (κ1) is 11.6. The van der Waals surface area contributed by atoms with Crippen LogP contribution >= 0.6 is 11.3 Å². The van der Waals surface area contributed by atoms with Crippen LogP contribution in [-0.2, 0) is 24.2 Å². The second-order valence-electron chi connectivity index (χ2n) is 4.28. The van der Waals surface area contributed by atoms with Crippen LogP contribution < -0.4 is 5.73 Å². The Morgan fingerprint density at radius 1 is 1.39 bits per heavy atom. The Labute approximate surface area is 110 Å². The van der Waals surface area contributed by atoms with E-state index in [1.807, 2.05) is 0 Å². The number of rotatable bonds is 2. The van der Waals surface area contributed by atoms with Crippen molar-refractivity contribution in [2.24, 2.45) is 0 Å². The summed E-state index contributed by atoms with van der Waals surface area (Å²) in [5.74, 6) is 1.30. The van der Waals surface area contributed by atoms with Crippen molar-refractivity contribution in [2.75, 3.05) is 12.3 Å². The fourth-order valence-corrected chi connectivity index (χ4v) is 2.94. The molecule has 0 saturated carbocycles. The molecule has 0 saturated heterocycles. The zero-order valence-electron chi connectivity index (χ0n) is 10.3.